The lowest BCUT2D eigenvalue weighted by Gasteiger charge is -2.07. The van der Waals surface area contributed by atoms with E-state index in [1.807, 2.05) is 24.4 Å². The first-order chi connectivity index (χ1) is 12.5. The molecule has 3 N–H and O–H groups in total. The standard InChI is InChI=1S/C17H13BrF2N4S2/c18-11-1-6-15-14(7-11)10(8-21-15)9-22-24-17(25)23-12-2-4-13(5-3-12)26-16(19)20/h1-9,16,21H,(H2,23,24,25)/b22-9+. The molecule has 3 rings (SSSR count). The third-order valence-electron chi connectivity index (χ3n) is 3.38. The van der Waals surface area contributed by atoms with Crippen LogP contribution < -0.4 is 10.7 Å². The maximum atomic E-state index is 12.3. The monoisotopic (exact) mass is 454 g/mol. The number of thioether (sulfide) groups is 1. The minimum absolute atomic E-state index is 0.302. The number of hydrogen-bond acceptors (Lipinski definition) is 3. The van der Waals surface area contributed by atoms with Gasteiger partial charge >= 0.3 is 0 Å². The fourth-order valence-electron chi connectivity index (χ4n) is 2.26. The van der Waals surface area contributed by atoms with Crippen molar-refractivity contribution in [3.63, 3.8) is 0 Å². The number of hydrogen-bond donors (Lipinski definition) is 3. The number of hydrazone groups is 1. The summed E-state index contributed by atoms with van der Waals surface area (Å²) >= 11 is 9.12. The van der Waals surface area contributed by atoms with E-state index in [4.69, 9.17) is 12.2 Å². The zero-order valence-electron chi connectivity index (χ0n) is 13.2. The Kier molecular flexibility index (Phi) is 6.23. The molecule has 2 aromatic carbocycles. The van der Waals surface area contributed by atoms with Crippen molar-refractivity contribution in [1.82, 2.24) is 10.4 Å². The molecule has 0 bridgehead atoms. The summed E-state index contributed by atoms with van der Waals surface area (Å²) in [6.45, 7) is 0. The average molecular weight is 455 g/mol. The normalized spacial score (nSPS) is 11.4. The van der Waals surface area contributed by atoms with E-state index in [9.17, 15) is 8.78 Å². The number of thiocarbonyl (C=S) groups is 1. The quantitative estimate of drug-likeness (QED) is 0.204. The summed E-state index contributed by atoms with van der Waals surface area (Å²) in [6, 6.07) is 12.5. The molecule has 0 spiro atoms. The van der Waals surface area contributed by atoms with E-state index in [0.29, 0.717) is 27.5 Å². The molecule has 0 unspecified atom stereocenters. The van der Waals surface area contributed by atoms with E-state index in [2.05, 4.69) is 36.8 Å². The van der Waals surface area contributed by atoms with Gasteiger partial charge in [0.25, 0.3) is 5.76 Å². The topological polar surface area (TPSA) is 52.2 Å². The van der Waals surface area contributed by atoms with Gasteiger partial charge in [0.15, 0.2) is 5.11 Å². The summed E-state index contributed by atoms with van der Waals surface area (Å²) in [7, 11) is 0. The Balaban J connectivity index is 1.58. The molecule has 0 radical (unpaired) electrons. The average Bonchev–Trinajstić information content (AvgIpc) is 2.98. The van der Waals surface area contributed by atoms with E-state index in [-0.39, 0.29) is 0 Å². The number of anilines is 1. The number of fused-ring (bicyclic) bond motifs is 1. The van der Waals surface area contributed by atoms with Crippen LogP contribution in [0.4, 0.5) is 14.5 Å². The smallest absolute Gasteiger partial charge is 0.288 e. The molecule has 0 saturated heterocycles. The second kappa shape index (κ2) is 8.61. The summed E-state index contributed by atoms with van der Waals surface area (Å²) in [6.07, 6.45) is 3.53. The Hall–Kier alpha value is -1.97. The van der Waals surface area contributed by atoms with E-state index < -0.39 is 5.76 Å². The lowest BCUT2D eigenvalue weighted by atomic mass is 10.2. The number of H-pyrrole nitrogens is 1. The van der Waals surface area contributed by atoms with Gasteiger partial charge in [0, 0.05) is 37.7 Å². The predicted octanol–water partition coefficient (Wildman–Crippen LogP) is 5.57. The second-order valence-electron chi connectivity index (χ2n) is 5.16. The van der Waals surface area contributed by atoms with Crippen LogP contribution in [0.2, 0.25) is 0 Å². The molecule has 1 aromatic heterocycles. The molecule has 0 aliphatic carbocycles. The van der Waals surface area contributed by atoms with E-state index >= 15 is 0 Å². The number of alkyl halides is 2. The molecule has 1 heterocycles. The zero-order chi connectivity index (χ0) is 18.5. The zero-order valence-corrected chi connectivity index (χ0v) is 16.4. The van der Waals surface area contributed by atoms with Crippen LogP contribution >= 0.6 is 39.9 Å². The minimum atomic E-state index is -2.43. The number of nitrogens with one attached hydrogen (secondary N) is 3. The Bertz CT molecular complexity index is 942. The molecule has 0 atom stereocenters. The fraction of sp³-hybridized carbons (Fsp3) is 0.0588. The molecular weight excluding hydrogens is 442 g/mol. The van der Waals surface area contributed by atoms with Crippen molar-refractivity contribution < 1.29 is 8.78 Å². The van der Waals surface area contributed by atoms with Gasteiger partial charge in [0.05, 0.1) is 6.21 Å². The van der Waals surface area contributed by atoms with Gasteiger partial charge in [-0.05, 0) is 54.7 Å². The highest BCUT2D eigenvalue weighted by Crippen LogP contribution is 2.26. The van der Waals surface area contributed by atoms with Gasteiger partial charge < -0.3 is 10.3 Å². The lowest BCUT2D eigenvalue weighted by Crippen LogP contribution is -2.23. The van der Waals surface area contributed by atoms with E-state index in [1.165, 1.54) is 0 Å². The summed E-state index contributed by atoms with van der Waals surface area (Å²) in [5.41, 5.74) is 5.35. The maximum absolute atomic E-state index is 12.3. The number of rotatable bonds is 5. The van der Waals surface area contributed by atoms with Crippen LogP contribution in [0, 0.1) is 0 Å². The van der Waals surface area contributed by atoms with Crippen molar-refractivity contribution in [3.8, 4) is 0 Å². The highest BCUT2D eigenvalue weighted by Gasteiger charge is 2.05. The van der Waals surface area contributed by atoms with Crippen LogP contribution in [0.3, 0.4) is 0 Å². The molecule has 0 aliphatic rings. The van der Waals surface area contributed by atoms with Gasteiger partial charge in [0.1, 0.15) is 0 Å². The molecular formula is C17H13BrF2N4S2. The summed E-state index contributed by atoms with van der Waals surface area (Å²) in [5.74, 6) is -2.43. The summed E-state index contributed by atoms with van der Waals surface area (Å²) < 4.78 is 25.6. The largest absolute Gasteiger partial charge is 0.361 e. The van der Waals surface area contributed by atoms with Crippen LogP contribution in [-0.4, -0.2) is 22.1 Å². The van der Waals surface area contributed by atoms with Crippen molar-refractivity contribution in [2.75, 3.05) is 5.32 Å². The first-order valence-electron chi connectivity index (χ1n) is 7.43. The molecule has 0 saturated carbocycles. The first kappa shape index (κ1) is 18.8. The SMILES string of the molecule is FC(F)Sc1ccc(NC(=S)N/N=C/c2c[nH]c3ccc(Br)cc23)cc1. The van der Waals surface area contributed by atoms with Gasteiger partial charge in [-0.1, -0.05) is 27.7 Å². The van der Waals surface area contributed by atoms with Gasteiger partial charge in [0.2, 0.25) is 0 Å². The van der Waals surface area contributed by atoms with Crippen molar-refractivity contribution in [1.29, 1.82) is 0 Å². The Labute approximate surface area is 166 Å². The number of aromatic nitrogens is 1. The van der Waals surface area contributed by atoms with Crippen molar-refractivity contribution in [2.24, 2.45) is 5.10 Å². The molecule has 4 nitrogen and oxygen atoms in total. The van der Waals surface area contributed by atoms with E-state index in [0.717, 1.165) is 20.9 Å². The van der Waals surface area contributed by atoms with Crippen LogP contribution in [0.5, 0.6) is 0 Å². The number of nitrogens with zero attached hydrogens (tertiary/aromatic N) is 1. The lowest BCUT2D eigenvalue weighted by molar-refractivity contribution is 0.252. The van der Waals surface area contributed by atoms with E-state index in [1.54, 1.807) is 30.5 Å². The fourth-order valence-corrected chi connectivity index (χ4v) is 3.29. The molecule has 3 aromatic rings. The maximum Gasteiger partial charge on any atom is 0.288 e. The minimum Gasteiger partial charge on any atom is -0.361 e. The van der Waals surface area contributed by atoms with Gasteiger partial charge in [-0.3, -0.25) is 5.43 Å². The Morgan fingerprint density at radius 1 is 1.23 bits per heavy atom. The highest BCUT2D eigenvalue weighted by molar-refractivity contribution is 9.10. The van der Waals surface area contributed by atoms with Gasteiger partial charge in [-0.2, -0.15) is 13.9 Å². The van der Waals surface area contributed by atoms with Gasteiger partial charge in [-0.15, -0.1) is 0 Å². The van der Waals surface area contributed by atoms with Crippen LogP contribution in [0.25, 0.3) is 10.9 Å². The Morgan fingerprint density at radius 2 is 2.00 bits per heavy atom. The van der Waals surface area contributed by atoms with Crippen LogP contribution in [-0.2, 0) is 0 Å². The number of benzene rings is 2. The van der Waals surface area contributed by atoms with Crippen molar-refractivity contribution in [2.45, 2.75) is 10.7 Å². The molecule has 0 fully saturated rings. The van der Waals surface area contributed by atoms with Crippen LogP contribution in [0.1, 0.15) is 5.56 Å². The van der Waals surface area contributed by atoms with Crippen LogP contribution in [0.15, 0.2) is 63.1 Å². The Morgan fingerprint density at radius 3 is 2.73 bits per heavy atom. The van der Waals surface area contributed by atoms with Gasteiger partial charge in [-0.25, -0.2) is 0 Å². The highest BCUT2D eigenvalue weighted by atomic mass is 79.9. The third kappa shape index (κ3) is 5.03. The molecule has 26 heavy (non-hydrogen) atoms. The molecule has 134 valence electrons. The molecule has 0 amide bonds. The molecule has 0 aliphatic heterocycles. The predicted molar refractivity (Wildman–Crippen MR) is 111 cm³/mol. The molecule has 9 heteroatoms. The number of aromatic amines is 1. The first-order valence-corrected chi connectivity index (χ1v) is 9.51. The number of halogens is 3. The second-order valence-corrected chi connectivity index (χ2v) is 7.55. The van der Waals surface area contributed by atoms with Crippen molar-refractivity contribution in [3.05, 3.63) is 58.7 Å². The summed E-state index contributed by atoms with van der Waals surface area (Å²) in [5, 5.41) is 8.41. The third-order valence-corrected chi connectivity index (χ3v) is 4.79. The summed E-state index contributed by atoms with van der Waals surface area (Å²) in [4.78, 5) is 3.66. The van der Waals surface area contributed by atoms with Crippen molar-refractivity contribution >= 4 is 67.8 Å².